The average Bonchev–Trinajstić information content (AvgIpc) is 2.55. The minimum Gasteiger partial charge on any atom is -0.377 e. The lowest BCUT2D eigenvalue weighted by atomic mass is 9.70. The van der Waals surface area contributed by atoms with Crippen molar-refractivity contribution in [3.63, 3.8) is 0 Å². The van der Waals surface area contributed by atoms with Crippen LogP contribution >= 0.6 is 0 Å². The highest BCUT2D eigenvalue weighted by atomic mass is 16.5. The fourth-order valence-electron chi connectivity index (χ4n) is 4.13. The van der Waals surface area contributed by atoms with Gasteiger partial charge >= 0.3 is 0 Å². The van der Waals surface area contributed by atoms with Crippen molar-refractivity contribution in [1.82, 2.24) is 10.6 Å². The molecule has 2 saturated heterocycles. The molecule has 3 heterocycles. The number of anilines is 1. The number of carbonyl (C=O) groups is 1. The molecule has 0 saturated carbocycles. The van der Waals surface area contributed by atoms with Gasteiger partial charge < -0.3 is 20.3 Å². The van der Waals surface area contributed by atoms with Crippen molar-refractivity contribution < 1.29 is 9.53 Å². The predicted molar refractivity (Wildman–Crippen MR) is 80.8 cm³/mol. The van der Waals surface area contributed by atoms with Crippen LogP contribution in [0.25, 0.3) is 0 Å². The summed E-state index contributed by atoms with van der Waals surface area (Å²) >= 11 is 0. The largest absolute Gasteiger partial charge is 0.377 e. The molecule has 0 aromatic heterocycles. The second-order valence-corrected chi connectivity index (χ2v) is 6.36. The van der Waals surface area contributed by atoms with E-state index in [1.165, 1.54) is 11.3 Å². The summed E-state index contributed by atoms with van der Waals surface area (Å²) in [4.78, 5) is 13.6. The molecular formula is C16H21N3O2. The summed E-state index contributed by atoms with van der Waals surface area (Å²) in [5.74, 6) is 0. The summed E-state index contributed by atoms with van der Waals surface area (Å²) < 4.78 is 5.77. The SMILES string of the molecule is O=Cc1ccc2c(c1)CC1(CNCNC1)C1COCCN21. The quantitative estimate of drug-likeness (QED) is 0.732. The zero-order valence-electron chi connectivity index (χ0n) is 12.1. The van der Waals surface area contributed by atoms with Gasteiger partial charge in [0.1, 0.15) is 6.29 Å². The summed E-state index contributed by atoms with van der Waals surface area (Å²) in [6.07, 6.45) is 1.93. The third kappa shape index (κ3) is 2.08. The second-order valence-electron chi connectivity index (χ2n) is 6.36. The highest BCUT2D eigenvalue weighted by Gasteiger charge is 2.48. The standard InChI is InChI=1S/C16H21N3O2/c20-7-12-1-2-14-13(5-12)6-16(9-17-11-18-10-16)15-8-21-4-3-19(14)15/h1-2,5,7,15,17-18H,3-4,6,8-11H2. The fraction of sp³-hybridized carbons (Fsp3) is 0.562. The maximum Gasteiger partial charge on any atom is 0.150 e. The molecule has 21 heavy (non-hydrogen) atoms. The molecule has 112 valence electrons. The molecule has 3 aliphatic rings. The van der Waals surface area contributed by atoms with E-state index in [0.717, 1.165) is 57.8 Å². The second kappa shape index (κ2) is 5.09. The molecule has 1 atom stereocenters. The maximum atomic E-state index is 11.1. The van der Waals surface area contributed by atoms with E-state index in [1.54, 1.807) is 0 Å². The monoisotopic (exact) mass is 287 g/mol. The van der Waals surface area contributed by atoms with Crippen molar-refractivity contribution in [2.75, 3.05) is 44.4 Å². The molecule has 1 aromatic carbocycles. The van der Waals surface area contributed by atoms with Crippen LogP contribution in [-0.2, 0) is 11.2 Å². The summed E-state index contributed by atoms with van der Waals surface area (Å²) in [5, 5.41) is 6.95. The number of ether oxygens (including phenoxy) is 1. The Hall–Kier alpha value is -1.43. The van der Waals surface area contributed by atoms with Gasteiger partial charge in [-0.25, -0.2) is 0 Å². The van der Waals surface area contributed by atoms with Crippen LogP contribution in [-0.4, -0.2) is 51.8 Å². The Bertz CT molecular complexity index is 554. The van der Waals surface area contributed by atoms with Gasteiger partial charge in [-0.05, 0) is 30.2 Å². The number of carbonyl (C=O) groups excluding carboxylic acids is 1. The number of benzene rings is 1. The number of fused-ring (bicyclic) bond motifs is 4. The molecule has 4 rings (SSSR count). The third-order valence-corrected chi connectivity index (χ3v) is 5.13. The van der Waals surface area contributed by atoms with Gasteiger partial charge in [0.15, 0.2) is 0 Å². The highest BCUT2D eigenvalue weighted by Crippen LogP contribution is 2.42. The van der Waals surface area contributed by atoms with E-state index in [0.29, 0.717) is 6.04 Å². The van der Waals surface area contributed by atoms with Crippen molar-refractivity contribution in [2.24, 2.45) is 5.41 Å². The Morgan fingerprint density at radius 2 is 2.19 bits per heavy atom. The van der Waals surface area contributed by atoms with Crippen LogP contribution in [0, 0.1) is 5.41 Å². The molecule has 0 aliphatic carbocycles. The van der Waals surface area contributed by atoms with E-state index in [1.807, 2.05) is 6.07 Å². The number of hydrogen-bond acceptors (Lipinski definition) is 5. The first-order valence-electron chi connectivity index (χ1n) is 7.66. The van der Waals surface area contributed by atoms with Crippen molar-refractivity contribution >= 4 is 12.0 Å². The van der Waals surface area contributed by atoms with Crippen molar-refractivity contribution in [2.45, 2.75) is 12.5 Å². The molecule has 3 aliphatic heterocycles. The average molecular weight is 287 g/mol. The number of nitrogens with one attached hydrogen (secondary N) is 2. The van der Waals surface area contributed by atoms with E-state index in [4.69, 9.17) is 4.74 Å². The Kier molecular flexibility index (Phi) is 3.21. The Morgan fingerprint density at radius 1 is 1.33 bits per heavy atom. The number of morpholine rings is 1. The molecule has 0 bridgehead atoms. The predicted octanol–water partition coefficient (Wildman–Crippen LogP) is 0.397. The third-order valence-electron chi connectivity index (χ3n) is 5.13. The van der Waals surface area contributed by atoms with Crippen LogP contribution in [0.3, 0.4) is 0 Å². The zero-order chi connectivity index (χ0) is 14.3. The summed E-state index contributed by atoms with van der Waals surface area (Å²) in [6, 6.07) is 6.49. The topological polar surface area (TPSA) is 53.6 Å². The maximum absolute atomic E-state index is 11.1. The van der Waals surface area contributed by atoms with E-state index in [9.17, 15) is 4.79 Å². The molecule has 1 unspecified atom stereocenters. The van der Waals surface area contributed by atoms with E-state index in [2.05, 4.69) is 27.7 Å². The molecule has 0 amide bonds. The Balaban J connectivity index is 1.79. The Labute approximate surface area is 124 Å². The van der Waals surface area contributed by atoms with Gasteiger partial charge in [-0.3, -0.25) is 4.79 Å². The molecule has 5 heteroatoms. The lowest BCUT2D eigenvalue weighted by Gasteiger charge is -2.54. The summed E-state index contributed by atoms with van der Waals surface area (Å²) in [5.41, 5.74) is 3.49. The van der Waals surface area contributed by atoms with Crippen LogP contribution in [0.4, 0.5) is 5.69 Å². The first kappa shape index (κ1) is 13.2. The molecular weight excluding hydrogens is 266 g/mol. The Morgan fingerprint density at radius 3 is 3.00 bits per heavy atom. The number of rotatable bonds is 1. The number of nitrogens with zero attached hydrogens (tertiary/aromatic N) is 1. The summed E-state index contributed by atoms with van der Waals surface area (Å²) in [6.45, 7) is 5.36. The van der Waals surface area contributed by atoms with Crippen LogP contribution < -0.4 is 15.5 Å². The van der Waals surface area contributed by atoms with Crippen LogP contribution in [0.15, 0.2) is 18.2 Å². The molecule has 5 nitrogen and oxygen atoms in total. The van der Waals surface area contributed by atoms with Crippen LogP contribution in [0.1, 0.15) is 15.9 Å². The molecule has 2 fully saturated rings. The van der Waals surface area contributed by atoms with Crippen LogP contribution in [0.5, 0.6) is 0 Å². The van der Waals surface area contributed by atoms with Crippen molar-refractivity contribution in [3.05, 3.63) is 29.3 Å². The summed E-state index contributed by atoms with van der Waals surface area (Å²) in [7, 11) is 0. The highest BCUT2D eigenvalue weighted by molar-refractivity contribution is 5.77. The number of hydrogen-bond donors (Lipinski definition) is 2. The first-order valence-corrected chi connectivity index (χ1v) is 7.66. The zero-order valence-corrected chi connectivity index (χ0v) is 12.1. The lowest BCUT2D eigenvalue weighted by Crippen LogP contribution is -2.67. The normalized spacial score (nSPS) is 27.0. The van der Waals surface area contributed by atoms with Crippen molar-refractivity contribution in [3.8, 4) is 0 Å². The molecule has 1 spiro atoms. The van der Waals surface area contributed by atoms with Gasteiger partial charge in [-0.2, -0.15) is 0 Å². The van der Waals surface area contributed by atoms with E-state index < -0.39 is 0 Å². The minimum absolute atomic E-state index is 0.146. The smallest absolute Gasteiger partial charge is 0.150 e. The van der Waals surface area contributed by atoms with Crippen molar-refractivity contribution in [1.29, 1.82) is 0 Å². The van der Waals surface area contributed by atoms with Gasteiger partial charge in [0.25, 0.3) is 0 Å². The molecule has 2 N–H and O–H groups in total. The van der Waals surface area contributed by atoms with Gasteiger partial charge in [-0.1, -0.05) is 0 Å². The van der Waals surface area contributed by atoms with Gasteiger partial charge in [0.2, 0.25) is 0 Å². The van der Waals surface area contributed by atoms with Gasteiger partial charge in [-0.15, -0.1) is 0 Å². The van der Waals surface area contributed by atoms with Crippen LogP contribution in [0.2, 0.25) is 0 Å². The van der Waals surface area contributed by atoms with E-state index >= 15 is 0 Å². The van der Waals surface area contributed by atoms with E-state index in [-0.39, 0.29) is 5.41 Å². The first-order chi connectivity index (χ1) is 10.3. The minimum atomic E-state index is 0.146. The number of aldehydes is 1. The lowest BCUT2D eigenvalue weighted by molar-refractivity contribution is 0.0280. The molecule has 0 radical (unpaired) electrons. The fourth-order valence-corrected chi connectivity index (χ4v) is 4.13. The van der Waals surface area contributed by atoms with Gasteiger partial charge in [0, 0.05) is 43.0 Å². The molecule has 1 aromatic rings. The van der Waals surface area contributed by atoms with Gasteiger partial charge in [0.05, 0.1) is 19.3 Å².